The van der Waals surface area contributed by atoms with E-state index in [9.17, 15) is 14.4 Å². The smallest absolute Gasteiger partial charge is 0.251 e. The highest BCUT2D eigenvalue weighted by Gasteiger charge is 2.29. The van der Waals surface area contributed by atoms with Gasteiger partial charge in [0.2, 0.25) is 11.8 Å². The monoisotopic (exact) mass is 407 g/mol. The Hall–Kier alpha value is -3.15. The van der Waals surface area contributed by atoms with Crippen LogP contribution in [0.3, 0.4) is 0 Å². The van der Waals surface area contributed by atoms with Crippen molar-refractivity contribution in [3.8, 4) is 0 Å². The number of benzene rings is 2. The number of carbonyl (C=O) groups is 3. The van der Waals surface area contributed by atoms with Crippen molar-refractivity contribution >= 4 is 23.4 Å². The first-order valence-corrected chi connectivity index (χ1v) is 10.3. The molecule has 2 aromatic rings. The number of anilines is 1. The molecule has 0 saturated heterocycles. The summed E-state index contributed by atoms with van der Waals surface area (Å²) in [6.07, 6.45) is 1.90. The van der Waals surface area contributed by atoms with Crippen LogP contribution in [0.15, 0.2) is 48.5 Å². The molecule has 0 aliphatic heterocycles. The summed E-state index contributed by atoms with van der Waals surface area (Å²) in [4.78, 5) is 36.2. The van der Waals surface area contributed by atoms with E-state index in [1.54, 1.807) is 12.1 Å². The number of amides is 3. The Morgan fingerprint density at radius 3 is 2.30 bits per heavy atom. The first kappa shape index (κ1) is 21.6. The van der Waals surface area contributed by atoms with Crippen molar-refractivity contribution in [1.29, 1.82) is 0 Å². The third-order valence-corrected chi connectivity index (χ3v) is 5.05. The third-order valence-electron chi connectivity index (χ3n) is 5.05. The van der Waals surface area contributed by atoms with Gasteiger partial charge < -0.3 is 16.0 Å². The van der Waals surface area contributed by atoms with Crippen molar-refractivity contribution in [3.05, 3.63) is 65.2 Å². The lowest BCUT2D eigenvalue weighted by Gasteiger charge is -2.19. The molecule has 2 aromatic carbocycles. The Labute approximate surface area is 177 Å². The number of hydrogen-bond acceptors (Lipinski definition) is 3. The minimum atomic E-state index is -0.282. The average molecular weight is 408 g/mol. The summed E-state index contributed by atoms with van der Waals surface area (Å²) in [6, 6.07) is 14.8. The van der Waals surface area contributed by atoms with Gasteiger partial charge in [0, 0.05) is 23.7 Å². The zero-order chi connectivity index (χ0) is 21.7. The predicted octanol–water partition coefficient (Wildman–Crippen LogP) is 3.38. The van der Waals surface area contributed by atoms with E-state index in [0.29, 0.717) is 12.1 Å². The van der Waals surface area contributed by atoms with E-state index in [0.717, 1.165) is 29.7 Å². The predicted molar refractivity (Wildman–Crippen MR) is 117 cm³/mol. The lowest BCUT2D eigenvalue weighted by molar-refractivity contribution is -0.120. The summed E-state index contributed by atoms with van der Waals surface area (Å²) >= 11 is 0. The summed E-state index contributed by atoms with van der Waals surface area (Å²) in [5.41, 5.74) is 3.29. The second kappa shape index (κ2) is 9.11. The summed E-state index contributed by atoms with van der Waals surface area (Å²) in [7, 11) is 0. The summed E-state index contributed by atoms with van der Waals surface area (Å²) in [6.45, 7) is 6.57. The molecule has 3 rings (SSSR count). The van der Waals surface area contributed by atoms with Crippen LogP contribution in [0.4, 0.5) is 5.69 Å². The van der Waals surface area contributed by atoms with Gasteiger partial charge in [0.05, 0.1) is 6.54 Å². The Bertz CT molecular complexity index is 925. The number of rotatable bonds is 7. The Kier molecular flexibility index (Phi) is 6.55. The third kappa shape index (κ3) is 6.17. The maximum atomic E-state index is 12.3. The SMILES string of the molecule is CC(C)(C)c1ccc(C(=O)NCC(=O)NCc2cccc(NC(=O)C3CC3)c2)cc1. The van der Waals surface area contributed by atoms with Crippen LogP contribution in [-0.4, -0.2) is 24.3 Å². The van der Waals surface area contributed by atoms with Crippen LogP contribution >= 0.6 is 0 Å². The molecule has 0 atom stereocenters. The second-order valence-electron chi connectivity index (χ2n) is 8.75. The van der Waals surface area contributed by atoms with Gasteiger partial charge in [0.1, 0.15) is 0 Å². The van der Waals surface area contributed by atoms with Crippen molar-refractivity contribution < 1.29 is 14.4 Å². The molecular formula is C24H29N3O3. The first-order chi connectivity index (χ1) is 14.2. The number of nitrogens with one attached hydrogen (secondary N) is 3. The molecular weight excluding hydrogens is 378 g/mol. The molecule has 0 spiro atoms. The molecule has 0 radical (unpaired) electrons. The van der Waals surface area contributed by atoms with E-state index in [1.165, 1.54) is 0 Å². The van der Waals surface area contributed by atoms with E-state index < -0.39 is 0 Å². The summed E-state index contributed by atoms with van der Waals surface area (Å²) in [5.74, 6) is -0.367. The van der Waals surface area contributed by atoms with Gasteiger partial charge in [-0.2, -0.15) is 0 Å². The van der Waals surface area contributed by atoms with E-state index in [1.807, 2.05) is 36.4 Å². The highest BCUT2D eigenvalue weighted by molar-refractivity contribution is 5.96. The molecule has 3 amide bonds. The van der Waals surface area contributed by atoms with Crippen LogP contribution in [0, 0.1) is 5.92 Å². The van der Waals surface area contributed by atoms with Crippen molar-refractivity contribution in [2.45, 2.75) is 45.6 Å². The minimum Gasteiger partial charge on any atom is -0.350 e. The van der Waals surface area contributed by atoms with Crippen molar-refractivity contribution in [1.82, 2.24) is 10.6 Å². The van der Waals surface area contributed by atoms with E-state index in [2.05, 4.69) is 36.7 Å². The largest absolute Gasteiger partial charge is 0.350 e. The summed E-state index contributed by atoms with van der Waals surface area (Å²) < 4.78 is 0. The van der Waals surface area contributed by atoms with Gasteiger partial charge in [-0.15, -0.1) is 0 Å². The van der Waals surface area contributed by atoms with Gasteiger partial charge in [-0.1, -0.05) is 45.0 Å². The van der Waals surface area contributed by atoms with Crippen LogP contribution in [-0.2, 0) is 21.5 Å². The Morgan fingerprint density at radius 1 is 0.967 bits per heavy atom. The lowest BCUT2D eigenvalue weighted by Crippen LogP contribution is -2.36. The molecule has 0 heterocycles. The second-order valence-corrected chi connectivity index (χ2v) is 8.75. The highest BCUT2D eigenvalue weighted by atomic mass is 16.2. The van der Waals surface area contributed by atoms with Gasteiger partial charge in [-0.3, -0.25) is 14.4 Å². The molecule has 0 unspecified atom stereocenters. The van der Waals surface area contributed by atoms with Gasteiger partial charge in [0.25, 0.3) is 5.91 Å². The maximum Gasteiger partial charge on any atom is 0.251 e. The van der Waals surface area contributed by atoms with Crippen LogP contribution < -0.4 is 16.0 Å². The van der Waals surface area contributed by atoms with Gasteiger partial charge in [-0.05, 0) is 53.6 Å². The van der Waals surface area contributed by atoms with Crippen LogP contribution in [0.2, 0.25) is 0 Å². The molecule has 30 heavy (non-hydrogen) atoms. The Morgan fingerprint density at radius 2 is 1.67 bits per heavy atom. The first-order valence-electron chi connectivity index (χ1n) is 10.3. The van der Waals surface area contributed by atoms with Crippen molar-refractivity contribution in [3.63, 3.8) is 0 Å². The van der Waals surface area contributed by atoms with Crippen molar-refractivity contribution in [2.24, 2.45) is 5.92 Å². The van der Waals surface area contributed by atoms with Gasteiger partial charge in [-0.25, -0.2) is 0 Å². The van der Waals surface area contributed by atoms with Gasteiger partial charge >= 0.3 is 0 Å². The lowest BCUT2D eigenvalue weighted by atomic mass is 9.87. The fourth-order valence-electron chi connectivity index (χ4n) is 3.00. The molecule has 158 valence electrons. The van der Waals surface area contributed by atoms with Crippen LogP contribution in [0.1, 0.15) is 55.1 Å². The fourth-order valence-corrected chi connectivity index (χ4v) is 3.00. The van der Waals surface area contributed by atoms with E-state index in [4.69, 9.17) is 0 Å². The molecule has 3 N–H and O–H groups in total. The van der Waals surface area contributed by atoms with E-state index in [-0.39, 0.29) is 35.6 Å². The molecule has 1 saturated carbocycles. The molecule has 6 nitrogen and oxygen atoms in total. The topological polar surface area (TPSA) is 87.3 Å². The quantitative estimate of drug-likeness (QED) is 0.658. The van der Waals surface area contributed by atoms with E-state index >= 15 is 0 Å². The Balaban J connectivity index is 1.44. The molecule has 6 heteroatoms. The molecule has 1 aliphatic rings. The van der Waals surface area contributed by atoms with Crippen LogP contribution in [0.5, 0.6) is 0 Å². The summed E-state index contributed by atoms with van der Waals surface area (Å²) in [5, 5.41) is 8.32. The normalized spacial score (nSPS) is 13.4. The molecule has 0 bridgehead atoms. The molecule has 0 aromatic heterocycles. The number of carbonyl (C=O) groups excluding carboxylic acids is 3. The molecule has 1 fully saturated rings. The average Bonchev–Trinajstić information content (AvgIpc) is 3.56. The fraction of sp³-hybridized carbons (Fsp3) is 0.375. The van der Waals surface area contributed by atoms with Crippen LogP contribution in [0.25, 0.3) is 0 Å². The van der Waals surface area contributed by atoms with Gasteiger partial charge in [0.15, 0.2) is 0 Å². The minimum absolute atomic E-state index is 0.0207. The maximum absolute atomic E-state index is 12.3. The van der Waals surface area contributed by atoms with Crippen molar-refractivity contribution in [2.75, 3.05) is 11.9 Å². The number of hydrogen-bond donors (Lipinski definition) is 3. The standard InChI is InChI=1S/C24H29N3O3/c1-24(2,3)19-11-9-17(10-12-19)22(29)26-15-21(28)25-14-16-5-4-6-20(13-16)27-23(30)18-7-8-18/h4-6,9-13,18H,7-8,14-15H2,1-3H3,(H,25,28)(H,26,29)(H,27,30). The zero-order valence-electron chi connectivity index (χ0n) is 17.7. The highest BCUT2D eigenvalue weighted by Crippen LogP contribution is 2.30. The zero-order valence-corrected chi connectivity index (χ0v) is 17.7. The molecule has 1 aliphatic carbocycles.